The van der Waals surface area contributed by atoms with Gasteiger partial charge in [-0.1, -0.05) is 32.4 Å². The third-order valence-corrected chi connectivity index (χ3v) is 5.95. The second kappa shape index (κ2) is 6.46. The van der Waals surface area contributed by atoms with Crippen molar-refractivity contribution >= 4 is 10.0 Å². The maximum atomic E-state index is 12.5. The Morgan fingerprint density at radius 3 is 2.48 bits per heavy atom. The standard InChI is InChI=1S/C16H26N2O2S/c1-16(2)11-3-6-15(16)18-21(19,20)14-9-7-13(8-10-14)5-4-12-17/h7-10,15,18H,3-6,11-12,17H2,1-2H3. The summed E-state index contributed by atoms with van der Waals surface area (Å²) in [5.41, 5.74) is 6.65. The van der Waals surface area contributed by atoms with Gasteiger partial charge in [0, 0.05) is 6.04 Å². The summed E-state index contributed by atoms with van der Waals surface area (Å²) in [6, 6.07) is 7.17. The van der Waals surface area contributed by atoms with Gasteiger partial charge in [-0.25, -0.2) is 13.1 Å². The third-order valence-electron chi connectivity index (χ3n) is 4.46. The van der Waals surface area contributed by atoms with Gasteiger partial charge in [0.1, 0.15) is 0 Å². The fourth-order valence-corrected chi connectivity index (χ4v) is 4.38. The van der Waals surface area contributed by atoms with Gasteiger partial charge < -0.3 is 5.73 Å². The Morgan fingerprint density at radius 2 is 1.95 bits per heavy atom. The number of nitrogens with one attached hydrogen (secondary N) is 1. The third kappa shape index (κ3) is 4.05. The van der Waals surface area contributed by atoms with Gasteiger partial charge in [0.25, 0.3) is 0 Å². The molecule has 2 rings (SSSR count). The molecule has 1 aromatic rings. The molecule has 1 aliphatic rings. The van der Waals surface area contributed by atoms with Crippen molar-refractivity contribution in [2.45, 2.75) is 56.9 Å². The van der Waals surface area contributed by atoms with Crippen LogP contribution in [0.3, 0.4) is 0 Å². The van der Waals surface area contributed by atoms with Crippen molar-refractivity contribution in [1.29, 1.82) is 0 Å². The molecule has 0 bridgehead atoms. The van der Waals surface area contributed by atoms with E-state index >= 15 is 0 Å². The Hall–Kier alpha value is -0.910. The van der Waals surface area contributed by atoms with Crippen LogP contribution in [0.5, 0.6) is 0 Å². The zero-order valence-electron chi connectivity index (χ0n) is 12.9. The molecular formula is C16H26N2O2S. The maximum Gasteiger partial charge on any atom is 0.240 e. The molecule has 1 aromatic carbocycles. The normalized spacial score (nSPS) is 21.6. The van der Waals surface area contributed by atoms with E-state index in [2.05, 4.69) is 18.6 Å². The Morgan fingerprint density at radius 1 is 1.29 bits per heavy atom. The Labute approximate surface area is 128 Å². The summed E-state index contributed by atoms with van der Waals surface area (Å²) >= 11 is 0. The minimum Gasteiger partial charge on any atom is -0.330 e. The van der Waals surface area contributed by atoms with E-state index in [1.807, 2.05) is 12.1 Å². The summed E-state index contributed by atoms with van der Waals surface area (Å²) in [5, 5.41) is 0. The van der Waals surface area contributed by atoms with Gasteiger partial charge in [0.15, 0.2) is 0 Å². The summed E-state index contributed by atoms with van der Waals surface area (Å²) in [5.74, 6) is 0. The van der Waals surface area contributed by atoms with E-state index in [0.29, 0.717) is 11.4 Å². The molecule has 21 heavy (non-hydrogen) atoms. The lowest BCUT2D eigenvalue weighted by atomic mass is 9.88. The van der Waals surface area contributed by atoms with E-state index in [-0.39, 0.29) is 11.5 Å². The molecule has 0 radical (unpaired) electrons. The summed E-state index contributed by atoms with van der Waals surface area (Å²) in [4.78, 5) is 0.349. The molecule has 0 spiro atoms. The molecular weight excluding hydrogens is 284 g/mol. The van der Waals surface area contributed by atoms with E-state index in [9.17, 15) is 8.42 Å². The number of benzene rings is 1. The maximum absolute atomic E-state index is 12.5. The lowest BCUT2D eigenvalue weighted by molar-refractivity contribution is 0.313. The predicted octanol–water partition coefficient (Wildman–Crippen LogP) is 2.43. The second-order valence-electron chi connectivity index (χ2n) is 6.59. The molecule has 1 unspecified atom stereocenters. The quantitative estimate of drug-likeness (QED) is 0.847. The molecule has 0 heterocycles. The number of nitrogens with two attached hydrogens (primary N) is 1. The van der Waals surface area contributed by atoms with Gasteiger partial charge in [-0.3, -0.25) is 0 Å². The lowest BCUT2D eigenvalue weighted by Gasteiger charge is -2.27. The van der Waals surface area contributed by atoms with E-state index in [4.69, 9.17) is 5.73 Å². The van der Waals surface area contributed by atoms with Crippen LogP contribution in [0.1, 0.15) is 45.1 Å². The Balaban J connectivity index is 2.09. The first-order valence-electron chi connectivity index (χ1n) is 7.66. The number of hydrogen-bond acceptors (Lipinski definition) is 3. The zero-order valence-corrected chi connectivity index (χ0v) is 13.7. The van der Waals surface area contributed by atoms with Crippen molar-refractivity contribution in [1.82, 2.24) is 4.72 Å². The highest BCUT2D eigenvalue weighted by Crippen LogP contribution is 2.37. The van der Waals surface area contributed by atoms with Crippen molar-refractivity contribution in [2.24, 2.45) is 11.1 Å². The minimum absolute atomic E-state index is 0.0272. The first-order valence-corrected chi connectivity index (χ1v) is 9.15. The van der Waals surface area contributed by atoms with E-state index < -0.39 is 10.0 Å². The van der Waals surface area contributed by atoms with Gasteiger partial charge in [-0.15, -0.1) is 0 Å². The average Bonchev–Trinajstić information content (AvgIpc) is 2.75. The smallest absolute Gasteiger partial charge is 0.240 e. The molecule has 0 saturated heterocycles. The molecule has 1 atom stereocenters. The molecule has 0 aliphatic heterocycles. The minimum atomic E-state index is -3.43. The molecule has 4 nitrogen and oxygen atoms in total. The largest absolute Gasteiger partial charge is 0.330 e. The predicted molar refractivity (Wildman–Crippen MR) is 85.6 cm³/mol. The monoisotopic (exact) mass is 310 g/mol. The van der Waals surface area contributed by atoms with Crippen LogP contribution in [0, 0.1) is 5.41 Å². The van der Waals surface area contributed by atoms with Crippen LogP contribution in [-0.4, -0.2) is 21.0 Å². The molecule has 1 aliphatic carbocycles. The van der Waals surface area contributed by atoms with Crippen LogP contribution in [0.2, 0.25) is 0 Å². The van der Waals surface area contributed by atoms with Gasteiger partial charge >= 0.3 is 0 Å². The van der Waals surface area contributed by atoms with Gasteiger partial charge in [-0.2, -0.15) is 0 Å². The fourth-order valence-electron chi connectivity index (χ4n) is 2.94. The molecule has 1 saturated carbocycles. The molecule has 0 aromatic heterocycles. The molecule has 0 amide bonds. The Bertz CT molecular complexity index is 564. The van der Waals surface area contributed by atoms with Crippen molar-refractivity contribution in [3.63, 3.8) is 0 Å². The summed E-state index contributed by atoms with van der Waals surface area (Å²) in [6.07, 6.45) is 4.87. The summed E-state index contributed by atoms with van der Waals surface area (Å²) < 4.78 is 27.8. The number of hydrogen-bond donors (Lipinski definition) is 2. The van der Waals surface area contributed by atoms with Crippen LogP contribution in [-0.2, 0) is 16.4 Å². The van der Waals surface area contributed by atoms with Gasteiger partial charge in [0.2, 0.25) is 10.0 Å². The van der Waals surface area contributed by atoms with Crippen molar-refractivity contribution in [3.8, 4) is 0 Å². The number of sulfonamides is 1. The average molecular weight is 310 g/mol. The number of rotatable bonds is 6. The topological polar surface area (TPSA) is 72.2 Å². The molecule has 3 N–H and O–H groups in total. The van der Waals surface area contributed by atoms with Gasteiger partial charge in [0.05, 0.1) is 4.90 Å². The van der Waals surface area contributed by atoms with E-state index in [1.165, 1.54) is 0 Å². The van der Waals surface area contributed by atoms with Crippen LogP contribution in [0.15, 0.2) is 29.2 Å². The zero-order chi connectivity index (χ0) is 15.5. The van der Waals surface area contributed by atoms with Crippen LogP contribution in [0.4, 0.5) is 0 Å². The molecule has 1 fully saturated rings. The molecule has 5 heteroatoms. The van der Waals surface area contributed by atoms with E-state index in [0.717, 1.165) is 37.7 Å². The lowest BCUT2D eigenvalue weighted by Crippen LogP contribution is -2.41. The SMILES string of the molecule is CC1(C)CCCC1NS(=O)(=O)c1ccc(CCCN)cc1. The van der Waals surface area contributed by atoms with Crippen LogP contribution < -0.4 is 10.5 Å². The van der Waals surface area contributed by atoms with Crippen LogP contribution >= 0.6 is 0 Å². The second-order valence-corrected chi connectivity index (χ2v) is 8.30. The highest BCUT2D eigenvalue weighted by molar-refractivity contribution is 7.89. The summed E-state index contributed by atoms with van der Waals surface area (Å²) in [6.45, 7) is 4.91. The van der Waals surface area contributed by atoms with Crippen molar-refractivity contribution in [2.75, 3.05) is 6.54 Å². The van der Waals surface area contributed by atoms with Crippen molar-refractivity contribution < 1.29 is 8.42 Å². The first-order chi connectivity index (χ1) is 9.85. The highest BCUT2D eigenvalue weighted by Gasteiger charge is 2.37. The fraction of sp³-hybridized carbons (Fsp3) is 0.625. The first kappa shape index (κ1) is 16.5. The van der Waals surface area contributed by atoms with Crippen molar-refractivity contribution in [3.05, 3.63) is 29.8 Å². The summed E-state index contributed by atoms with van der Waals surface area (Å²) in [7, 11) is -3.43. The number of aryl methyl sites for hydroxylation is 1. The molecule has 118 valence electrons. The van der Waals surface area contributed by atoms with Gasteiger partial charge in [-0.05, 0) is 55.3 Å². The van der Waals surface area contributed by atoms with E-state index in [1.54, 1.807) is 12.1 Å². The highest BCUT2D eigenvalue weighted by atomic mass is 32.2. The Kier molecular flexibility index (Phi) is 5.07. The van der Waals surface area contributed by atoms with Crippen LogP contribution in [0.25, 0.3) is 0 Å².